The number of amides is 1. The lowest BCUT2D eigenvalue weighted by Gasteiger charge is -2.15. The van der Waals surface area contributed by atoms with Crippen molar-refractivity contribution in [3.05, 3.63) is 30.2 Å². The van der Waals surface area contributed by atoms with Gasteiger partial charge in [0.1, 0.15) is 5.82 Å². The summed E-state index contributed by atoms with van der Waals surface area (Å²) in [6.45, 7) is 1.98. The van der Waals surface area contributed by atoms with E-state index < -0.39 is 12.1 Å². The van der Waals surface area contributed by atoms with Crippen molar-refractivity contribution in [1.82, 2.24) is 14.8 Å². The quantitative estimate of drug-likeness (QED) is 0.709. The summed E-state index contributed by atoms with van der Waals surface area (Å²) in [6, 6.07) is 4.06. The highest BCUT2D eigenvalue weighted by atomic mass is 19.4. The Morgan fingerprint density at radius 3 is 2.68 bits per heavy atom. The number of hydrogen-bond acceptors (Lipinski definition) is 4. The Bertz CT molecular complexity index is 849. The van der Waals surface area contributed by atoms with E-state index in [2.05, 4.69) is 21.5 Å². The predicted octanol–water partition coefficient (Wildman–Crippen LogP) is 3.42. The number of aryl methyl sites for hydroxylation is 2. The molecule has 2 bridgehead atoms. The molecule has 1 aliphatic rings. The fourth-order valence-electron chi connectivity index (χ4n) is 2.71. The van der Waals surface area contributed by atoms with Crippen LogP contribution in [-0.2, 0) is 23.1 Å². The zero-order valence-electron chi connectivity index (χ0n) is 15.5. The molecule has 7 nitrogen and oxygen atoms in total. The van der Waals surface area contributed by atoms with Crippen molar-refractivity contribution in [2.45, 2.75) is 38.8 Å². The van der Waals surface area contributed by atoms with Crippen LogP contribution < -0.4 is 5.32 Å². The minimum atomic E-state index is -5.08. The second-order valence-electron chi connectivity index (χ2n) is 6.51. The van der Waals surface area contributed by atoms with Crippen molar-refractivity contribution in [3.63, 3.8) is 0 Å². The van der Waals surface area contributed by atoms with E-state index in [1.54, 1.807) is 10.9 Å². The topological polar surface area (TPSA) is 97.1 Å². The van der Waals surface area contributed by atoms with E-state index in [-0.39, 0.29) is 11.8 Å². The molecule has 0 spiro atoms. The lowest BCUT2D eigenvalue weighted by atomic mass is 9.99. The van der Waals surface area contributed by atoms with E-state index in [0.717, 1.165) is 48.3 Å². The van der Waals surface area contributed by atoms with Crippen LogP contribution in [0.4, 0.5) is 19.0 Å². The fraction of sp³-hybridized carbons (Fsp3) is 0.444. The average Bonchev–Trinajstić information content (AvgIpc) is 2.98. The van der Waals surface area contributed by atoms with Gasteiger partial charge in [-0.1, -0.05) is 13.3 Å². The third-order valence-corrected chi connectivity index (χ3v) is 4.32. The molecule has 10 heteroatoms. The summed E-state index contributed by atoms with van der Waals surface area (Å²) in [5.74, 6) is -1.93. The zero-order chi connectivity index (χ0) is 20.9. The molecule has 0 radical (unpaired) electrons. The van der Waals surface area contributed by atoms with Gasteiger partial charge in [-0.2, -0.15) is 18.3 Å². The summed E-state index contributed by atoms with van der Waals surface area (Å²) in [5, 5.41) is 14.4. The first kappa shape index (κ1) is 21.4. The molecule has 0 aromatic carbocycles. The van der Waals surface area contributed by atoms with E-state index in [4.69, 9.17) is 9.90 Å². The van der Waals surface area contributed by atoms with Gasteiger partial charge in [0.05, 0.1) is 6.20 Å². The van der Waals surface area contributed by atoms with Gasteiger partial charge in [-0.25, -0.2) is 4.79 Å². The number of aromatic nitrogens is 3. The molecule has 1 amide bonds. The highest BCUT2D eigenvalue weighted by Gasteiger charge is 2.38. The van der Waals surface area contributed by atoms with Crippen LogP contribution in [0, 0.1) is 5.92 Å². The molecule has 2 aromatic rings. The number of aliphatic carboxylic acids is 1. The van der Waals surface area contributed by atoms with E-state index >= 15 is 0 Å². The second kappa shape index (κ2) is 8.85. The molecule has 28 heavy (non-hydrogen) atoms. The molecule has 1 atom stereocenters. The van der Waals surface area contributed by atoms with E-state index in [0.29, 0.717) is 0 Å². The molecular weight excluding hydrogens is 377 g/mol. The number of fused-ring (bicyclic) bond motifs is 4. The van der Waals surface area contributed by atoms with Crippen molar-refractivity contribution in [1.29, 1.82) is 0 Å². The van der Waals surface area contributed by atoms with Crippen LogP contribution >= 0.6 is 0 Å². The first-order valence-electron chi connectivity index (χ1n) is 8.68. The van der Waals surface area contributed by atoms with Crippen molar-refractivity contribution in [2.75, 3.05) is 5.32 Å². The maximum absolute atomic E-state index is 12.3. The molecule has 152 valence electrons. The second-order valence-corrected chi connectivity index (χ2v) is 6.51. The molecule has 3 heterocycles. The van der Waals surface area contributed by atoms with Crippen LogP contribution in [0.15, 0.2) is 24.5 Å². The Morgan fingerprint density at radius 2 is 2.04 bits per heavy atom. The van der Waals surface area contributed by atoms with Crippen LogP contribution in [0.1, 0.15) is 31.9 Å². The standard InChI is InChI=1S/C16H20N4O.C2HF3O2/c1-11-5-3-4-6-13-9-12(7-8-17-13)14-10-18-20(2)15(14)19-16(11)21;3-2(4,5)1(6)7/h7-11H,3-6H2,1-2H3,(H,19,21);(H,6,7). The lowest BCUT2D eigenvalue weighted by molar-refractivity contribution is -0.192. The normalized spacial score (nSPS) is 17.2. The minimum Gasteiger partial charge on any atom is -0.475 e. The third kappa shape index (κ3) is 5.54. The average molecular weight is 398 g/mol. The highest BCUT2D eigenvalue weighted by Crippen LogP contribution is 2.29. The van der Waals surface area contributed by atoms with Crippen LogP contribution in [-0.4, -0.2) is 37.9 Å². The van der Waals surface area contributed by atoms with Crippen LogP contribution in [0.25, 0.3) is 11.1 Å². The summed E-state index contributed by atoms with van der Waals surface area (Å²) in [4.78, 5) is 25.6. The molecule has 0 saturated heterocycles. The van der Waals surface area contributed by atoms with Crippen LogP contribution in [0.3, 0.4) is 0 Å². The zero-order valence-corrected chi connectivity index (χ0v) is 15.5. The lowest BCUT2D eigenvalue weighted by Crippen LogP contribution is -2.22. The van der Waals surface area contributed by atoms with Gasteiger partial charge in [0.25, 0.3) is 0 Å². The van der Waals surface area contributed by atoms with Gasteiger partial charge in [0, 0.05) is 30.4 Å². The number of carbonyl (C=O) groups excluding carboxylic acids is 1. The van der Waals surface area contributed by atoms with Gasteiger partial charge in [0.15, 0.2) is 0 Å². The van der Waals surface area contributed by atoms with Crippen LogP contribution in [0.5, 0.6) is 0 Å². The van der Waals surface area contributed by atoms with Gasteiger partial charge in [-0.05, 0) is 37.0 Å². The van der Waals surface area contributed by atoms with E-state index in [1.165, 1.54) is 0 Å². The van der Waals surface area contributed by atoms with E-state index in [9.17, 15) is 18.0 Å². The summed E-state index contributed by atoms with van der Waals surface area (Å²) < 4.78 is 33.5. The SMILES string of the molecule is CC1CCCCc2cc(ccn2)-c2cnn(C)c2NC1=O.O=C(O)C(F)(F)F. The fourth-order valence-corrected chi connectivity index (χ4v) is 2.71. The maximum Gasteiger partial charge on any atom is 0.490 e. The molecule has 2 aromatic heterocycles. The Labute approximate surface area is 159 Å². The van der Waals surface area contributed by atoms with Crippen molar-refractivity contribution in [3.8, 4) is 11.1 Å². The minimum absolute atomic E-state index is 0.0125. The van der Waals surface area contributed by atoms with Crippen molar-refractivity contribution >= 4 is 17.7 Å². The number of nitrogens with one attached hydrogen (secondary N) is 1. The van der Waals surface area contributed by atoms with Crippen molar-refractivity contribution < 1.29 is 27.9 Å². The summed E-state index contributed by atoms with van der Waals surface area (Å²) in [5.41, 5.74) is 3.10. The molecular formula is C18H21F3N4O3. The molecule has 0 aliphatic carbocycles. The van der Waals surface area contributed by atoms with E-state index in [1.807, 2.05) is 26.2 Å². The number of carbonyl (C=O) groups is 2. The molecule has 1 unspecified atom stereocenters. The molecule has 1 aliphatic heterocycles. The molecule has 0 saturated carbocycles. The number of carboxylic acids is 1. The number of pyridine rings is 1. The Morgan fingerprint density at radius 1 is 1.36 bits per heavy atom. The predicted molar refractivity (Wildman–Crippen MR) is 95.5 cm³/mol. The summed E-state index contributed by atoms with van der Waals surface area (Å²) in [6.07, 6.45) is 2.51. The summed E-state index contributed by atoms with van der Waals surface area (Å²) in [7, 11) is 1.84. The highest BCUT2D eigenvalue weighted by molar-refractivity contribution is 5.95. The van der Waals surface area contributed by atoms with Gasteiger partial charge in [-0.3, -0.25) is 14.5 Å². The number of anilines is 1. The molecule has 3 rings (SSSR count). The first-order chi connectivity index (χ1) is 13.1. The first-order valence-corrected chi connectivity index (χ1v) is 8.68. The monoisotopic (exact) mass is 398 g/mol. The Hall–Kier alpha value is -2.91. The smallest absolute Gasteiger partial charge is 0.475 e. The number of carboxylic acid groups (broad SMARTS) is 1. The van der Waals surface area contributed by atoms with Gasteiger partial charge >= 0.3 is 12.1 Å². The largest absolute Gasteiger partial charge is 0.490 e. The van der Waals surface area contributed by atoms with Gasteiger partial charge in [0.2, 0.25) is 5.91 Å². The number of hydrogen-bond donors (Lipinski definition) is 2. The Balaban J connectivity index is 0.000000345. The summed E-state index contributed by atoms with van der Waals surface area (Å²) >= 11 is 0. The van der Waals surface area contributed by atoms with Crippen molar-refractivity contribution in [2.24, 2.45) is 13.0 Å². The van der Waals surface area contributed by atoms with Crippen LogP contribution in [0.2, 0.25) is 0 Å². The Kier molecular flexibility index (Phi) is 6.76. The third-order valence-electron chi connectivity index (χ3n) is 4.32. The number of alkyl halides is 3. The van der Waals surface area contributed by atoms with Gasteiger partial charge < -0.3 is 10.4 Å². The number of halogens is 3. The number of rotatable bonds is 0. The number of nitrogens with zero attached hydrogens (tertiary/aromatic N) is 3. The molecule has 2 N–H and O–H groups in total. The maximum atomic E-state index is 12.3. The van der Waals surface area contributed by atoms with Gasteiger partial charge in [-0.15, -0.1) is 0 Å². The molecule has 0 fully saturated rings.